The molecule has 0 spiro atoms. The third-order valence-electron chi connectivity index (χ3n) is 4.30. The summed E-state index contributed by atoms with van der Waals surface area (Å²) in [7, 11) is 0. The Morgan fingerprint density at radius 3 is 2.63 bits per heavy atom. The highest BCUT2D eigenvalue weighted by molar-refractivity contribution is 6.05. The molecule has 0 bridgehead atoms. The summed E-state index contributed by atoms with van der Waals surface area (Å²) in [6.45, 7) is 1.99. The highest BCUT2D eigenvalue weighted by atomic mass is 16.3. The van der Waals surface area contributed by atoms with Crippen LogP contribution in [0.3, 0.4) is 0 Å². The standard InChI is InChI=1S/C20H16N4O3/c1-2-16-15(12-7-5-6-10-17(12)27-16)11-21-23-20(26)18-13-8-3-4-9-14(13)19(25)24-22-18/h3-11H,2H2,1H3,(H,23,26)(H,24,25)/b21-11-. The maximum absolute atomic E-state index is 12.5. The molecule has 27 heavy (non-hydrogen) atoms. The number of carbonyl (C=O) groups excluding carboxylic acids is 1. The first-order valence-corrected chi connectivity index (χ1v) is 8.50. The lowest BCUT2D eigenvalue weighted by atomic mass is 10.1. The highest BCUT2D eigenvalue weighted by Crippen LogP contribution is 2.24. The summed E-state index contributed by atoms with van der Waals surface area (Å²) in [5.74, 6) is 0.284. The molecule has 2 aromatic heterocycles. The van der Waals surface area contributed by atoms with E-state index in [4.69, 9.17) is 4.42 Å². The fourth-order valence-corrected chi connectivity index (χ4v) is 3.02. The molecule has 0 saturated heterocycles. The predicted molar refractivity (Wildman–Crippen MR) is 103 cm³/mol. The first kappa shape index (κ1) is 16.7. The van der Waals surface area contributed by atoms with Gasteiger partial charge in [0.2, 0.25) is 0 Å². The van der Waals surface area contributed by atoms with E-state index in [1.807, 2.05) is 31.2 Å². The van der Waals surface area contributed by atoms with Crippen LogP contribution in [0.25, 0.3) is 21.7 Å². The van der Waals surface area contributed by atoms with Crippen molar-refractivity contribution in [1.29, 1.82) is 0 Å². The summed E-state index contributed by atoms with van der Waals surface area (Å²) >= 11 is 0. The zero-order valence-corrected chi connectivity index (χ0v) is 14.5. The van der Waals surface area contributed by atoms with E-state index in [0.717, 1.165) is 22.3 Å². The Bertz CT molecular complexity index is 1240. The Morgan fingerprint density at radius 1 is 1.15 bits per heavy atom. The number of hydrazone groups is 1. The highest BCUT2D eigenvalue weighted by Gasteiger charge is 2.14. The van der Waals surface area contributed by atoms with Crippen LogP contribution in [0.5, 0.6) is 0 Å². The molecule has 1 amide bonds. The molecule has 0 radical (unpaired) electrons. The van der Waals surface area contributed by atoms with E-state index in [0.29, 0.717) is 17.2 Å². The number of hydrogen-bond donors (Lipinski definition) is 2. The van der Waals surface area contributed by atoms with Crippen LogP contribution < -0.4 is 11.0 Å². The molecule has 134 valence electrons. The molecule has 0 aliphatic heterocycles. The largest absolute Gasteiger partial charge is 0.460 e. The third-order valence-corrected chi connectivity index (χ3v) is 4.30. The third kappa shape index (κ3) is 2.99. The average Bonchev–Trinajstić information content (AvgIpc) is 3.06. The van der Waals surface area contributed by atoms with Crippen LogP contribution in [0.4, 0.5) is 0 Å². The van der Waals surface area contributed by atoms with Crippen molar-refractivity contribution >= 4 is 33.9 Å². The number of furan rings is 1. The number of fused-ring (bicyclic) bond motifs is 2. The maximum atomic E-state index is 12.5. The van der Waals surface area contributed by atoms with Crippen molar-refractivity contribution < 1.29 is 9.21 Å². The normalized spacial score (nSPS) is 11.4. The quantitative estimate of drug-likeness (QED) is 0.431. The van der Waals surface area contributed by atoms with Gasteiger partial charge in [-0.05, 0) is 12.1 Å². The van der Waals surface area contributed by atoms with Crippen molar-refractivity contribution in [3.63, 3.8) is 0 Å². The lowest BCUT2D eigenvalue weighted by molar-refractivity contribution is 0.0951. The summed E-state index contributed by atoms with van der Waals surface area (Å²) in [4.78, 5) is 24.3. The van der Waals surface area contributed by atoms with E-state index >= 15 is 0 Å². The number of carbonyl (C=O) groups is 1. The van der Waals surface area contributed by atoms with Gasteiger partial charge >= 0.3 is 0 Å². The minimum absolute atomic E-state index is 0.107. The average molecular weight is 360 g/mol. The van der Waals surface area contributed by atoms with E-state index in [1.54, 1.807) is 30.5 Å². The van der Waals surface area contributed by atoms with Crippen LogP contribution in [0, 0.1) is 0 Å². The van der Waals surface area contributed by atoms with E-state index in [2.05, 4.69) is 20.7 Å². The van der Waals surface area contributed by atoms with Crippen molar-refractivity contribution in [3.05, 3.63) is 75.9 Å². The first-order chi connectivity index (χ1) is 13.2. The van der Waals surface area contributed by atoms with Crippen LogP contribution in [0.1, 0.15) is 28.7 Å². The predicted octanol–water partition coefficient (Wildman–Crippen LogP) is 3.00. The summed E-state index contributed by atoms with van der Waals surface area (Å²) in [6, 6.07) is 14.4. The number of rotatable bonds is 4. The van der Waals surface area contributed by atoms with Crippen molar-refractivity contribution in [2.45, 2.75) is 13.3 Å². The molecule has 2 aromatic carbocycles. The van der Waals surface area contributed by atoms with Gasteiger partial charge in [0.1, 0.15) is 11.3 Å². The molecule has 4 aromatic rings. The molecule has 2 N–H and O–H groups in total. The number of aryl methyl sites for hydroxylation is 1. The van der Waals surface area contributed by atoms with Gasteiger partial charge in [0.25, 0.3) is 11.5 Å². The van der Waals surface area contributed by atoms with Crippen LogP contribution >= 0.6 is 0 Å². The number of H-pyrrole nitrogens is 1. The summed E-state index contributed by atoms with van der Waals surface area (Å²) in [5, 5.41) is 12.1. The van der Waals surface area contributed by atoms with Gasteiger partial charge in [-0.2, -0.15) is 10.2 Å². The van der Waals surface area contributed by atoms with Crippen molar-refractivity contribution in [2.75, 3.05) is 0 Å². The molecular formula is C20H16N4O3. The molecule has 7 nitrogen and oxygen atoms in total. The summed E-state index contributed by atoms with van der Waals surface area (Å²) in [6.07, 6.45) is 2.27. The fourth-order valence-electron chi connectivity index (χ4n) is 3.02. The minimum atomic E-state index is -0.510. The van der Waals surface area contributed by atoms with Crippen molar-refractivity contribution in [3.8, 4) is 0 Å². The first-order valence-electron chi connectivity index (χ1n) is 8.50. The van der Waals surface area contributed by atoms with E-state index in [9.17, 15) is 9.59 Å². The van der Waals surface area contributed by atoms with Crippen molar-refractivity contribution in [1.82, 2.24) is 15.6 Å². The Hall–Kier alpha value is -3.74. The molecule has 0 atom stereocenters. The number of aromatic nitrogens is 2. The van der Waals surface area contributed by atoms with Gasteiger partial charge in [-0.25, -0.2) is 10.5 Å². The molecule has 4 rings (SSSR count). The molecular weight excluding hydrogens is 344 g/mol. The number of aromatic amines is 1. The van der Waals surface area contributed by atoms with Crippen molar-refractivity contribution in [2.24, 2.45) is 5.10 Å². The van der Waals surface area contributed by atoms with Gasteiger partial charge < -0.3 is 4.42 Å². The summed E-state index contributed by atoms with van der Waals surface area (Å²) in [5.41, 5.74) is 3.83. The van der Waals surface area contributed by atoms with E-state index < -0.39 is 5.91 Å². The second kappa shape index (κ2) is 6.87. The second-order valence-corrected chi connectivity index (χ2v) is 5.93. The molecule has 0 saturated carbocycles. The number of hydrogen-bond acceptors (Lipinski definition) is 5. The van der Waals surface area contributed by atoms with Crippen LogP contribution in [-0.4, -0.2) is 22.3 Å². The zero-order valence-electron chi connectivity index (χ0n) is 14.5. The molecule has 0 unspecified atom stereocenters. The fraction of sp³-hybridized carbons (Fsp3) is 0.100. The lowest BCUT2D eigenvalue weighted by Gasteiger charge is -2.03. The van der Waals surface area contributed by atoms with E-state index in [-0.39, 0.29) is 11.3 Å². The molecule has 7 heteroatoms. The Morgan fingerprint density at radius 2 is 1.85 bits per heavy atom. The Balaban J connectivity index is 1.64. The van der Waals surface area contributed by atoms with Gasteiger partial charge in [0, 0.05) is 22.8 Å². The van der Waals surface area contributed by atoms with Crippen LogP contribution in [0.15, 0.2) is 62.8 Å². The molecule has 0 aliphatic carbocycles. The zero-order chi connectivity index (χ0) is 18.8. The SMILES string of the molecule is CCc1oc2ccccc2c1/C=N\NC(=O)c1n[nH]c(=O)c2ccccc12. The van der Waals surface area contributed by atoms with Gasteiger partial charge in [0.15, 0.2) is 5.69 Å². The van der Waals surface area contributed by atoms with Gasteiger partial charge in [-0.15, -0.1) is 0 Å². The Kier molecular flexibility index (Phi) is 4.25. The monoisotopic (exact) mass is 360 g/mol. The number of amides is 1. The topological polar surface area (TPSA) is 100 Å². The van der Waals surface area contributed by atoms with Gasteiger partial charge in [-0.1, -0.05) is 43.3 Å². The van der Waals surface area contributed by atoms with E-state index in [1.165, 1.54) is 0 Å². The Labute approximate surface area is 153 Å². The molecule has 0 aliphatic rings. The number of nitrogens with one attached hydrogen (secondary N) is 2. The van der Waals surface area contributed by atoms with Crippen LogP contribution in [0.2, 0.25) is 0 Å². The number of nitrogens with zero attached hydrogens (tertiary/aromatic N) is 2. The maximum Gasteiger partial charge on any atom is 0.292 e. The number of para-hydroxylation sites is 1. The molecule has 2 heterocycles. The van der Waals surface area contributed by atoms with Gasteiger partial charge in [-0.3, -0.25) is 9.59 Å². The smallest absolute Gasteiger partial charge is 0.292 e. The minimum Gasteiger partial charge on any atom is -0.460 e. The second-order valence-electron chi connectivity index (χ2n) is 5.93. The molecule has 0 fully saturated rings. The summed E-state index contributed by atoms with van der Waals surface area (Å²) < 4.78 is 5.81. The van der Waals surface area contributed by atoms with Crippen LogP contribution in [-0.2, 0) is 6.42 Å². The van der Waals surface area contributed by atoms with Gasteiger partial charge in [0.05, 0.1) is 11.6 Å². The number of benzene rings is 2. The lowest BCUT2D eigenvalue weighted by Crippen LogP contribution is -2.22.